The second-order valence-corrected chi connectivity index (χ2v) is 12.1. The Balaban J connectivity index is 1.72. The third kappa shape index (κ3) is 11.6. The molecule has 0 spiro atoms. The highest BCUT2D eigenvalue weighted by atomic mass is 35.5. The second kappa shape index (κ2) is 18.3. The van der Waals surface area contributed by atoms with E-state index in [4.69, 9.17) is 35.3 Å². The van der Waals surface area contributed by atoms with Gasteiger partial charge < -0.3 is 28.8 Å². The first-order valence-electron chi connectivity index (χ1n) is 15.3. The van der Waals surface area contributed by atoms with Crippen LogP contribution in [0.2, 0.25) is 0 Å². The van der Waals surface area contributed by atoms with E-state index in [0.717, 1.165) is 82.5 Å². The van der Waals surface area contributed by atoms with Gasteiger partial charge in [-0.15, -0.1) is 0 Å². The predicted molar refractivity (Wildman–Crippen MR) is 157 cm³/mol. The smallest absolute Gasteiger partial charge is 0.305 e. The number of unbranched alkanes of at least 4 members (excludes halogenated alkanes) is 1. The van der Waals surface area contributed by atoms with Gasteiger partial charge in [0, 0.05) is 37.0 Å². The van der Waals surface area contributed by atoms with E-state index in [2.05, 4.69) is 31.2 Å². The van der Waals surface area contributed by atoms with Crippen molar-refractivity contribution in [3.8, 4) is 0 Å². The lowest BCUT2D eigenvalue weighted by molar-refractivity contribution is -0.193. The highest BCUT2D eigenvalue weighted by Gasteiger charge is 2.42. The number of aliphatic hydroxyl groups excluding tert-OH is 1. The average molecular weight is 583 g/mol. The van der Waals surface area contributed by atoms with Crippen molar-refractivity contribution < 1.29 is 33.6 Å². The molecule has 228 valence electrons. The van der Waals surface area contributed by atoms with Crippen LogP contribution in [0.5, 0.6) is 0 Å². The Labute approximate surface area is 246 Å². The second-order valence-electron chi connectivity index (χ2n) is 11.5. The lowest BCUT2D eigenvalue weighted by atomic mass is 9.88. The van der Waals surface area contributed by atoms with E-state index in [1.54, 1.807) is 0 Å². The first-order chi connectivity index (χ1) is 19.4. The summed E-state index contributed by atoms with van der Waals surface area (Å²) in [6.07, 6.45) is 19.7. The Kier molecular flexibility index (Phi) is 15.3. The third-order valence-electron chi connectivity index (χ3n) is 8.21. The molecule has 8 atom stereocenters. The SMILES string of the molecule is COC(=O)CCCC=CC[C@@H]1[C@@H](C=C[C@@H](OC2CCCCO2)C(C)CC=C(C)Cl)[C@H](OC2CCCCO2)C[C@H]1O. The summed E-state index contributed by atoms with van der Waals surface area (Å²) in [6, 6.07) is 0. The van der Waals surface area contributed by atoms with Crippen LogP contribution in [0.4, 0.5) is 0 Å². The van der Waals surface area contributed by atoms with Gasteiger partial charge in [0.15, 0.2) is 12.6 Å². The topological polar surface area (TPSA) is 83.5 Å². The molecule has 3 unspecified atom stereocenters. The van der Waals surface area contributed by atoms with E-state index in [0.29, 0.717) is 12.8 Å². The van der Waals surface area contributed by atoms with E-state index in [9.17, 15) is 9.90 Å². The monoisotopic (exact) mass is 582 g/mol. The van der Waals surface area contributed by atoms with Crippen LogP contribution in [0.1, 0.15) is 90.9 Å². The average Bonchev–Trinajstić information content (AvgIpc) is 3.25. The fraction of sp³-hybridized carbons (Fsp3) is 0.781. The highest BCUT2D eigenvalue weighted by Crippen LogP contribution is 2.40. The molecule has 40 heavy (non-hydrogen) atoms. The summed E-state index contributed by atoms with van der Waals surface area (Å²) in [4.78, 5) is 11.4. The number of methoxy groups -OCH3 is 1. The van der Waals surface area contributed by atoms with Gasteiger partial charge in [-0.1, -0.05) is 48.9 Å². The van der Waals surface area contributed by atoms with Gasteiger partial charge in [-0.25, -0.2) is 0 Å². The van der Waals surface area contributed by atoms with E-state index in [-0.39, 0.29) is 48.5 Å². The number of carbonyl (C=O) groups is 1. The number of halogens is 1. The molecule has 0 radical (unpaired) electrons. The minimum absolute atomic E-state index is 0.0218. The third-order valence-corrected chi connectivity index (χ3v) is 8.37. The van der Waals surface area contributed by atoms with Crippen LogP contribution >= 0.6 is 11.6 Å². The molecule has 1 aliphatic carbocycles. The molecule has 3 fully saturated rings. The Morgan fingerprint density at radius 2 is 1.82 bits per heavy atom. The van der Waals surface area contributed by atoms with Gasteiger partial charge in [-0.05, 0) is 83.0 Å². The van der Waals surface area contributed by atoms with E-state index >= 15 is 0 Å². The number of allylic oxidation sites excluding steroid dienone is 4. The molecule has 0 amide bonds. The van der Waals surface area contributed by atoms with Crippen molar-refractivity contribution in [1.29, 1.82) is 0 Å². The van der Waals surface area contributed by atoms with Gasteiger partial charge in [0.1, 0.15) is 0 Å². The maximum absolute atomic E-state index is 11.4. The first kappa shape index (κ1) is 33.3. The molecule has 2 heterocycles. The number of carbonyl (C=O) groups excluding carboxylic acids is 1. The quantitative estimate of drug-likeness (QED) is 0.129. The van der Waals surface area contributed by atoms with Gasteiger partial charge >= 0.3 is 5.97 Å². The summed E-state index contributed by atoms with van der Waals surface area (Å²) in [5.41, 5.74) is 0. The normalized spacial score (nSPS) is 31.6. The fourth-order valence-corrected chi connectivity index (χ4v) is 5.85. The van der Waals surface area contributed by atoms with Crippen molar-refractivity contribution >= 4 is 17.6 Å². The number of hydrogen-bond donors (Lipinski definition) is 1. The van der Waals surface area contributed by atoms with Crippen molar-refractivity contribution in [2.75, 3.05) is 20.3 Å². The molecule has 7 nitrogen and oxygen atoms in total. The van der Waals surface area contributed by atoms with Crippen molar-refractivity contribution in [2.45, 2.75) is 122 Å². The zero-order valence-corrected chi connectivity index (χ0v) is 25.4. The van der Waals surface area contributed by atoms with Gasteiger partial charge in [0.05, 0.1) is 25.4 Å². The van der Waals surface area contributed by atoms with Gasteiger partial charge in [0.25, 0.3) is 0 Å². The minimum atomic E-state index is -0.469. The molecule has 0 bridgehead atoms. The molecule has 3 rings (SSSR count). The molecule has 1 saturated carbocycles. The summed E-state index contributed by atoms with van der Waals surface area (Å²) in [5.74, 6) is 0.0664. The number of ether oxygens (including phenoxy) is 5. The summed E-state index contributed by atoms with van der Waals surface area (Å²) < 4.78 is 29.5. The molecule has 8 heteroatoms. The van der Waals surface area contributed by atoms with Gasteiger partial charge in [-0.3, -0.25) is 4.79 Å². The molecule has 1 N–H and O–H groups in total. The minimum Gasteiger partial charge on any atom is -0.469 e. The summed E-state index contributed by atoms with van der Waals surface area (Å²) in [6.45, 7) is 5.53. The lowest BCUT2D eigenvalue weighted by Gasteiger charge is -2.31. The number of aliphatic hydroxyl groups is 1. The van der Waals surface area contributed by atoms with Crippen LogP contribution in [0, 0.1) is 17.8 Å². The van der Waals surface area contributed by atoms with Crippen molar-refractivity contribution in [1.82, 2.24) is 0 Å². The number of hydrogen-bond acceptors (Lipinski definition) is 7. The van der Waals surface area contributed by atoms with Gasteiger partial charge in [0.2, 0.25) is 0 Å². The molecule has 0 aromatic rings. The zero-order valence-electron chi connectivity index (χ0n) is 24.7. The number of esters is 1. The Morgan fingerprint density at radius 1 is 1.10 bits per heavy atom. The Hall–Kier alpha value is -1.22. The molecule has 0 aromatic carbocycles. The van der Waals surface area contributed by atoms with Crippen molar-refractivity contribution in [3.63, 3.8) is 0 Å². The predicted octanol–water partition coefficient (Wildman–Crippen LogP) is 6.82. The maximum Gasteiger partial charge on any atom is 0.305 e. The van der Waals surface area contributed by atoms with E-state index in [1.807, 2.05) is 13.0 Å². The molecule has 2 aliphatic heterocycles. The molecule has 2 saturated heterocycles. The van der Waals surface area contributed by atoms with Crippen LogP contribution in [0.3, 0.4) is 0 Å². The molecular formula is C32H51ClO7. The number of rotatable bonds is 15. The van der Waals surface area contributed by atoms with Gasteiger partial charge in [-0.2, -0.15) is 0 Å². The van der Waals surface area contributed by atoms with E-state index in [1.165, 1.54) is 7.11 Å². The Morgan fingerprint density at radius 3 is 2.48 bits per heavy atom. The fourth-order valence-electron chi connectivity index (χ4n) is 5.76. The highest BCUT2D eigenvalue weighted by molar-refractivity contribution is 6.29. The Bertz CT molecular complexity index is 812. The molecular weight excluding hydrogens is 532 g/mol. The molecule has 3 aliphatic rings. The summed E-state index contributed by atoms with van der Waals surface area (Å²) in [7, 11) is 1.42. The van der Waals surface area contributed by atoms with Crippen LogP contribution in [0.25, 0.3) is 0 Å². The van der Waals surface area contributed by atoms with Crippen molar-refractivity contribution in [3.05, 3.63) is 35.4 Å². The summed E-state index contributed by atoms with van der Waals surface area (Å²) in [5, 5.41) is 11.9. The first-order valence-corrected chi connectivity index (χ1v) is 15.7. The summed E-state index contributed by atoms with van der Waals surface area (Å²) >= 11 is 6.14. The largest absolute Gasteiger partial charge is 0.469 e. The van der Waals surface area contributed by atoms with Crippen LogP contribution in [-0.2, 0) is 28.5 Å². The lowest BCUT2D eigenvalue weighted by Crippen LogP contribution is -2.32. The van der Waals surface area contributed by atoms with Crippen LogP contribution in [0.15, 0.2) is 35.4 Å². The zero-order chi connectivity index (χ0) is 28.7. The van der Waals surface area contributed by atoms with Crippen LogP contribution < -0.4 is 0 Å². The standard InChI is InChI=1S/C32H51ClO7/c1-23(16-17-24(2)33)28(39-31-14-8-10-20-37-31)19-18-26-25(12-6-4-5-7-13-30(35)36-3)27(34)22-29(26)40-32-15-9-11-21-38-32/h4,6,17-19,23,25-29,31-32,34H,5,7-16,20-22H2,1-3H3/t23?,25-,26-,27-,28-,29-,31?,32?/m1/s1. The molecule has 0 aromatic heterocycles. The van der Waals surface area contributed by atoms with Crippen LogP contribution in [-0.4, -0.2) is 62.3 Å². The van der Waals surface area contributed by atoms with Crippen molar-refractivity contribution in [2.24, 2.45) is 17.8 Å². The van der Waals surface area contributed by atoms with E-state index < -0.39 is 6.10 Å². The maximum atomic E-state index is 11.4.